The fourth-order valence-electron chi connectivity index (χ4n) is 1.37. The van der Waals surface area contributed by atoms with E-state index in [0.29, 0.717) is 6.07 Å². The molecule has 0 aromatic heterocycles. The first kappa shape index (κ1) is 13.5. The average molecular weight is 247 g/mol. The Morgan fingerprint density at radius 2 is 2.06 bits per heavy atom. The molecule has 2 nitrogen and oxygen atoms in total. The Bertz CT molecular complexity index is 436. The number of nitrogens with zero attached hydrogens (tertiary/aromatic N) is 1. The number of rotatable bonds is 3. The molecule has 0 saturated carbocycles. The van der Waals surface area contributed by atoms with Gasteiger partial charge in [0.2, 0.25) is 0 Å². The summed E-state index contributed by atoms with van der Waals surface area (Å²) in [6.07, 6.45) is -6.07. The summed E-state index contributed by atoms with van der Waals surface area (Å²) in [7, 11) is 0. The van der Waals surface area contributed by atoms with Crippen LogP contribution >= 0.6 is 0 Å². The molecule has 0 saturated heterocycles. The van der Waals surface area contributed by atoms with Crippen LogP contribution < -0.4 is 0 Å². The maximum absolute atomic E-state index is 12.8. The monoisotopic (exact) mass is 247 g/mol. The highest BCUT2D eigenvalue weighted by atomic mass is 19.4. The molecule has 92 valence electrons. The van der Waals surface area contributed by atoms with Crippen LogP contribution in [0.4, 0.5) is 17.6 Å². The molecule has 0 unspecified atom stereocenters. The van der Waals surface area contributed by atoms with Crippen LogP contribution in [0.15, 0.2) is 18.2 Å². The molecule has 0 aliphatic carbocycles. The summed E-state index contributed by atoms with van der Waals surface area (Å²) in [6, 6.07) is 3.75. The van der Waals surface area contributed by atoms with Crippen molar-refractivity contribution >= 4 is 0 Å². The van der Waals surface area contributed by atoms with Gasteiger partial charge in [-0.2, -0.15) is 18.4 Å². The maximum atomic E-state index is 12.8. The smallest absolute Gasteiger partial charge is 0.359 e. The lowest BCUT2D eigenvalue weighted by Gasteiger charge is -2.16. The standard InChI is InChI=1S/C11H9F4NO/c1-2-17-10(6-16)8-4-3-7(12)5-9(8)11(13,14)15/h3-5,10H,2H2,1H3/t10-/m1/s1. The highest BCUT2D eigenvalue weighted by molar-refractivity contribution is 5.34. The molecule has 0 bridgehead atoms. The highest BCUT2D eigenvalue weighted by Gasteiger charge is 2.36. The fraction of sp³-hybridized carbons (Fsp3) is 0.364. The highest BCUT2D eigenvalue weighted by Crippen LogP contribution is 2.35. The quantitative estimate of drug-likeness (QED) is 0.766. The molecule has 0 aliphatic rings. The van der Waals surface area contributed by atoms with Crippen molar-refractivity contribution in [2.24, 2.45) is 0 Å². The molecule has 6 heteroatoms. The summed E-state index contributed by atoms with van der Waals surface area (Å²) in [4.78, 5) is 0. The first-order chi connectivity index (χ1) is 7.90. The number of hydrogen-bond acceptors (Lipinski definition) is 2. The maximum Gasteiger partial charge on any atom is 0.416 e. The van der Waals surface area contributed by atoms with Crippen molar-refractivity contribution in [2.45, 2.75) is 19.2 Å². The summed E-state index contributed by atoms with van der Waals surface area (Å²) < 4.78 is 55.6. The van der Waals surface area contributed by atoms with Crippen LogP contribution in [0.5, 0.6) is 0 Å². The first-order valence-corrected chi connectivity index (χ1v) is 4.78. The van der Waals surface area contributed by atoms with Gasteiger partial charge >= 0.3 is 6.18 Å². The van der Waals surface area contributed by atoms with Gasteiger partial charge in [-0.15, -0.1) is 0 Å². The topological polar surface area (TPSA) is 33.0 Å². The Labute approximate surface area is 95.4 Å². The third kappa shape index (κ3) is 3.17. The molecular formula is C11H9F4NO. The summed E-state index contributed by atoms with van der Waals surface area (Å²) >= 11 is 0. The van der Waals surface area contributed by atoms with E-state index in [1.165, 1.54) is 0 Å². The van der Waals surface area contributed by atoms with Crippen LogP contribution in [0, 0.1) is 17.1 Å². The van der Waals surface area contributed by atoms with Crippen LogP contribution in [0.3, 0.4) is 0 Å². The van der Waals surface area contributed by atoms with Crippen molar-refractivity contribution in [3.05, 3.63) is 35.1 Å². The van der Waals surface area contributed by atoms with Crippen LogP contribution in [0.1, 0.15) is 24.2 Å². The third-order valence-corrected chi connectivity index (χ3v) is 2.05. The fourth-order valence-corrected chi connectivity index (χ4v) is 1.37. The molecular weight excluding hydrogens is 238 g/mol. The van der Waals surface area contributed by atoms with Gasteiger partial charge < -0.3 is 4.74 Å². The SMILES string of the molecule is CCO[C@H](C#N)c1ccc(F)cc1C(F)(F)F. The molecule has 17 heavy (non-hydrogen) atoms. The van der Waals surface area contributed by atoms with Gasteiger partial charge in [0, 0.05) is 12.2 Å². The molecule has 1 aromatic carbocycles. The first-order valence-electron chi connectivity index (χ1n) is 4.78. The lowest BCUT2D eigenvalue weighted by molar-refractivity contribution is -0.139. The van der Waals surface area contributed by atoms with E-state index < -0.39 is 23.7 Å². The van der Waals surface area contributed by atoms with E-state index in [-0.39, 0.29) is 12.2 Å². The van der Waals surface area contributed by atoms with Gasteiger partial charge in [-0.25, -0.2) is 4.39 Å². The molecule has 0 aliphatic heterocycles. The van der Waals surface area contributed by atoms with E-state index in [1.807, 2.05) is 0 Å². The second-order valence-corrected chi connectivity index (χ2v) is 3.19. The minimum atomic E-state index is -4.72. The number of ether oxygens (including phenoxy) is 1. The molecule has 0 amide bonds. The Kier molecular flexibility index (Phi) is 4.07. The Morgan fingerprint density at radius 3 is 2.53 bits per heavy atom. The van der Waals surface area contributed by atoms with Crippen molar-refractivity contribution in [3.8, 4) is 6.07 Å². The summed E-state index contributed by atoms with van der Waals surface area (Å²) in [5, 5.41) is 8.73. The Balaban J connectivity index is 3.28. The average Bonchev–Trinajstić information content (AvgIpc) is 2.25. The predicted octanol–water partition coefficient (Wildman–Crippen LogP) is 3.45. The van der Waals surface area contributed by atoms with E-state index in [4.69, 9.17) is 10.00 Å². The summed E-state index contributed by atoms with van der Waals surface area (Å²) in [6.45, 7) is 1.65. The zero-order valence-electron chi connectivity index (χ0n) is 8.88. The summed E-state index contributed by atoms with van der Waals surface area (Å²) in [5.74, 6) is -1.01. The van der Waals surface area contributed by atoms with Gasteiger partial charge in [0.25, 0.3) is 0 Å². The van der Waals surface area contributed by atoms with Crippen molar-refractivity contribution in [3.63, 3.8) is 0 Å². The van der Waals surface area contributed by atoms with E-state index in [9.17, 15) is 17.6 Å². The van der Waals surface area contributed by atoms with Crippen molar-refractivity contribution in [1.82, 2.24) is 0 Å². The van der Waals surface area contributed by atoms with E-state index in [2.05, 4.69) is 0 Å². The molecule has 0 N–H and O–H groups in total. The van der Waals surface area contributed by atoms with Crippen LogP contribution in [-0.4, -0.2) is 6.61 Å². The zero-order chi connectivity index (χ0) is 13.1. The van der Waals surface area contributed by atoms with Crippen LogP contribution in [0.25, 0.3) is 0 Å². The Morgan fingerprint density at radius 1 is 1.41 bits per heavy atom. The van der Waals surface area contributed by atoms with Gasteiger partial charge in [0.1, 0.15) is 5.82 Å². The van der Waals surface area contributed by atoms with Crippen molar-refractivity contribution < 1.29 is 22.3 Å². The lowest BCUT2D eigenvalue weighted by atomic mass is 10.0. The number of hydrogen-bond donors (Lipinski definition) is 0. The normalized spacial score (nSPS) is 13.2. The second kappa shape index (κ2) is 5.15. The van der Waals surface area contributed by atoms with E-state index in [1.54, 1.807) is 13.0 Å². The van der Waals surface area contributed by atoms with E-state index >= 15 is 0 Å². The number of nitriles is 1. The molecule has 0 spiro atoms. The van der Waals surface area contributed by atoms with Gasteiger partial charge in [-0.3, -0.25) is 0 Å². The lowest BCUT2D eigenvalue weighted by Crippen LogP contribution is -2.13. The minimum Gasteiger partial charge on any atom is -0.359 e. The van der Waals surface area contributed by atoms with Crippen LogP contribution in [0.2, 0.25) is 0 Å². The largest absolute Gasteiger partial charge is 0.416 e. The minimum absolute atomic E-state index is 0.0902. The predicted molar refractivity (Wildman–Crippen MR) is 51.4 cm³/mol. The van der Waals surface area contributed by atoms with E-state index in [0.717, 1.165) is 12.1 Å². The van der Waals surface area contributed by atoms with Crippen LogP contribution in [-0.2, 0) is 10.9 Å². The summed E-state index contributed by atoms with van der Waals surface area (Å²) in [5.41, 5.74) is -1.55. The second-order valence-electron chi connectivity index (χ2n) is 3.19. The van der Waals surface area contributed by atoms with Gasteiger partial charge in [0.05, 0.1) is 11.6 Å². The third-order valence-electron chi connectivity index (χ3n) is 2.05. The Hall–Kier alpha value is -1.61. The molecule has 1 aromatic rings. The molecule has 1 atom stereocenters. The zero-order valence-corrected chi connectivity index (χ0v) is 8.88. The van der Waals surface area contributed by atoms with Gasteiger partial charge in [-0.05, 0) is 19.1 Å². The van der Waals surface area contributed by atoms with Gasteiger partial charge in [0.15, 0.2) is 6.10 Å². The number of benzene rings is 1. The van der Waals surface area contributed by atoms with Crippen molar-refractivity contribution in [1.29, 1.82) is 5.26 Å². The van der Waals surface area contributed by atoms with Gasteiger partial charge in [-0.1, -0.05) is 6.07 Å². The number of alkyl halides is 3. The molecule has 0 radical (unpaired) electrons. The number of halogens is 4. The molecule has 0 heterocycles. The molecule has 0 fully saturated rings. The van der Waals surface area contributed by atoms with Crippen molar-refractivity contribution in [2.75, 3.05) is 6.61 Å². The molecule has 1 rings (SSSR count).